The van der Waals surface area contributed by atoms with Gasteiger partial charge in [0, 0.05) is 6.04 Å². The number of carboxylic acid groups (broad SMARTS) is 1. The number of hydrogen-bond acceptors (Lipinski definition) is 3. The van der Waals surface area contributed by atoms with E-state index in [1.165, 1.54) is 141 Å². The number of hydrogen-bond donors (Lipinski definition) is 0. The van der Waals surface area contributed by atoms with E-state index in [1.807, 2.05) is 0 Å². The fraction of sp³-hybridized carbons (Fsp3) is 0.970. The number of carbonyl (C=O) groups is 1. The van der Waals surface area contributed by atoms with Crippen LogP contribution >= 0.6 is 0 Å². The van der Waals surface area contributed by atoms with Crippen LogP contribution in [0.4, 0.5) is 0 Å². The molecule has 0 rings (SSSR count). The van der Waals surface area contributed by atoms with E-state index in [0.29, 0.717) is 0 Å². The van der Waals surface area contributed by atoms with Gasteiger partial charge in [-0.05, 0) is 32.4 Å². The molecule has 0 N–H and O–H groups in total. The zero-order valence-corrected chi connectivity index (χ0v) is 28.1. The quantitative estimate of drug-likeness (QED) is 0.0773. The van der Waals surface area contributed by atoms with Gasteiger partial charge in [-0.1, -0.05) is 168 Å². The topological polar surface area (TPSA) is 43.4 Å². The second kappa shape index (κ2) is 32.6. The minimum absolute atomic E-state index is 0. The van der Waals surface area contributed by atoms with E-state index in [-0.39, 0.29) is 29.6 Å². The van der Waals surface area contributed by atoms with E-state index in [2.05, 4.69) is 25.7 Å². The molecule has 4 heteroatoms. The molecule has 0 amide bonds. The summed E-state index contributed by atoms with van der Waals surface area (Å²) < 4.78 is 0. The van der Waals surface area contributed by atoms with Crippen molar-refractivity contribution in [2.45, 2.75) is 194 Å². The van der Waals surface area contributed by atoms with Crippen LogP contribution in [0.2, 0.25) is 0 Å². The van der Waals surface area contributed by atoms with Crippen LogP contribution in [0, 0.1) is 0 Å². The number of aliphatic carboxylic acids is 1. The Balaban J connectivity index is 0. The molecule has 0 saturated carbocycles. The minimum atomic E-state index is -0.866. The van der Waals surface area contributed by atoms with Crippen molar-refractivity contribution in [1.29, 1.82) is 0 Å². The Morgan fingerprint density at radius 1 is 0.486 bits per heavy atom. The number of nitrogens with zero attached hydrogens (tertiary/aromatic N) is 1. The summed E-state index contributed by atoms with van der Waals surface area (Å²) in [6.45, 7) is 8.49. The number of unbranched alkanes of at least 4 members (excludes halogenated alkanes) is 22. The van der Waals surface area contributed by atoms with Crippen LogP contribution in [0.25, 0.3) is 0 Å². The van der Waals surface area contributed by atoms with Crippen LogP contribution < -0.4 is 34.7 Å². The SMILES string of the molecule is CCCCCCCCCCCCCCN(CCCCCCCCCCCCCC)C(CCC)C(=O)[O-].[Na+]. The van der Waals surface area contributed by atoms with Crippen molar-refractivity contribution < 1.29 is 39.5 Å². The zero-order chi connectivity index (χ0) is 26.5. The first-order chi connectivity index (χ1) is 17.7. The van der Waals surface area contributed by atoms with E-state index >= 15 is 0 Å². The van der Waals surface area contributed by atoms with Crippen molar-refractivity contribution in [3.8, 4) is 0 Å². The maximum atomic E-state index is 11.8. The molecule has 0 aromatic carbocycles. The third kappa shape index (κ3) is 27.8. The standard InChI is InChI=1S/C33H67NO2.Na/c1-4-7-9-11-13-15-17-19-21-23-25-27-30-34(32(29-6-3)33(35)36)31-28-26-24-22-20-18-16-14-12-10-8-5-2;/h32H,4-31H2,1-3H3,(H,35,36);/q;+1/p-1. The van der Waals surface area contributed by atoms with Crippen LogP contribution in [0.3, 0.4) is 0 Å². The van der Waals surface area contributed by atoms with E-state index in [9.17, 15) is 9.90 Å². The monoisotopic (exact) mass is 531 g/mol. The van der Waals surface area contributed by atoms with Gasteiger partial charge in [-0.3, -0.25) is 4.90 Å². The predicted octanol–water partition coefficient (Wildman–Crippen LogP) is 6.61. The summed E-state index contributed by atoms with van der Waals surface area (Å²) >= 11 is 0. The first-order valence-corrected chi connectivity index (χ1v) is 16.6. The second-order valence-electron chi connectivity index (χ2n) is 11.4. The first-order valence-electron chi connectivity index (χ1n) is 16.6. The van der Waals surface area contributed by atoms with Crippen LogP contribution in [-0.4, -0.2) is 30.0 Å². The van der Waals surface area contributed by atoms with Crippen LogP contribution in [-0.2, 0) is 4.79 Å². The van der Waals surface area contributed by atoms with Gasteiger partial charge in [-0.15, -0.1) is 0 Å². The maximum Gasteiger partial charge on any atom is 1.00 e. The van der Waals surface area contributed by atoms with Gasteiger partial charge in [0.05, 0.1) is 5.97 Å². The van der Waals surface area contributed by atoms with Crippen LogP contribution in [0.15, 0.2) is 0 Å². The molecule has 0 aromatic heterocycles. The van der Waals surface area contributed by atoms with Gasteiger partial charge in [0.1, 0.15) is 0 Å². The Morgan fingerprint density at radius 2 is 0.757 bits per heavy atom. The third-order valence-corrected chi connectivity index (χ3v) is 7.87. The van der Waals surface area contributed by atoms with Crippen molar-refractivity contribution in [3.05, 3.63) is 0 Å². The molecule has 216 valence electrons. The molecule has 37 heavy (non-hydrogen) atoms. The summed E-state index contributed by atoms with van der Waals surface area (Å²) in [6, 6.07) is -0.393. The molecule has 3 nitrogen and oxygen atoms in total. The van der Waals surface area contributed by atoms with E-state index < -0.39 is 12.0 Å². The van der Waals surface area contributed by atoms with Crippen molar-refractivity contribution in [2.24, 2.45) is 0 Å². The molecular formula is C33H66NNaO2. The van der Waals surface area contributed by atoms with Gasteiger partial charge in [0.25, 0.3) is 0 Å². The molecule has 0 aliphatic carbocycles. The molecular weight excluding hydrogens is 465 g/mol. The largest absolute Gasteiger partial charge is 1.00 e. The molecule has 0 saturated heterocycles. The Morgan fingerprint density at radius 3 is 1.00 bits per heavy atom. The van der Waals surface area contributed by atoms with Crippen LogP contribution in [0.5, 0.6) is 0 Å². The second-order valence-corrected chi connectivity index (χ2v) is 11.4. The fourth-order valence-corrected chi connectivity index (χ4v) is 5.46. The smallest absolute Gasteiger partial charge is 0.548 e. The molecule has 0 radical (unpaired) electrons. The van der Waals surface area contributed by atoms with Gasteiger partial charge in [-0.2, -0.15) is 0 Å². The molecule has 0 bridgehead atoms. The van der Waals surface area contributed by atoms with Crippen molar-refractivity contribution >= 4 is 5.97 Å². The molecule has 1 unspecified atom stereocenters. The Hall–Kier alpha value is 0.430. The van der Waals surface area contributed by atoms with E-state index in [4.69, 9.17) is 0 Å². The zero-order valence-electron chi connectivity index (χ0n) is 26.1. The molecule has 0 heterocycles. The van der Waals surface area contributed by atoms with Gasteiger partial charge in [-0.25, -0.2) is 0 Å². The van der Waals surface area contributed by atoms with Crippen molar-refractivity contribution in [3.63, 3.8) is 0 Å². The normalized spacial score (nSPS) is 12.1. The summed E-state index contributed by atoms with van der Waals surface area (Å²) in [5.41, 5.74) is 0. The predicted molar refractivity (Wildman–Crippen MR) is 157 cm³/mol. The molecule has 0 aliphatic heterocycles. The number of carbonyl (C=O) groups excluding carboxylic acids is 1. The van der Waals surface area contributed by atoms with E-state index in [1.54, 1.807) is 0 Å². The third-order valence-electron chi connectivity index (χ3n) is 7.87. The Bertz CT molecular complexity index is 418. The van der Waals surface area contributed by atoms with Crippen LogP contribution in [0.1, 0.15) is 188 Å². The molecule has 0 spiro atoms. The maximum absolute atomic E-state index is 11.8. The average molecular weight is 532 g/mol. The van der Waals surface area contributed by atoms with Crippen molar-refractivity contribution in [1.82, 2.24) is 4.90 Å². The Kier molecular flexibility index (Phi) is 34.9. The molecule has 1 atom stereocenters. The molecule has 0 aliphatic rings. The summed E-state index contributed by atoms with van der Waals surface area (Å²) in [5.74, 6) is -0.866. The Labute approximate surface area is 256 Å². The molecule has 0 aromatic rings. The van der Waals surface area contributed by atoms with Gasteiger partial charge >= 0.3 is 29.6 Å². The van der Waals surface area contributed by atoms with Crippen molar-refractivity contribution in [2.75, 3.05) is 13.1 Å². The average Bonchev–Trinajstić information content (AvgIpc) is 2.87. The fourth-order valence-electron chi connectivity index (χ4n) is 5.46. The first kappa shape index (κ1) is 39.6. The summed E-state index contributed by atoms with van der Waals surface area (Å²) in [5, 5.41) is 11.8. The number of carboxylic acids is 1. The minimum Gasteiger partial charge on any atom is -0.548 e. The summed E-state index contributed by atoms with van der Waals surface area (Å²) in [6.07, 6.45) is 33.9. The summed E-state index contributed by atoms with van der Waals surface area (Å²) in [7, 11) is 0. The summed E-state index contributed by atoms with van der Waals surface area (Å²) in [4.78, 5) is 14.1. The van der Waals surface area contributed by atoms with Gasteiger partial charge in [0.15, 0.2) is 0 Å². The van der Waals surface area contributed by atoms with Gasteiger partial charge in [0.2, 0.25) is 0 Å². The van der Waals surface area contributed by atoms with E-state index in [0.717, 1.165) is 38.8 Å². The number of rotatable bonds is 30. The molecule has 0 fully saturated rings. The van der Waals surface area contributed by atoms with Gasteiger partial charge < -0.3 is 9.90 Å².